The van der Waals surface area contributed by atoms with Gasteiger partial charge >= 0.3 is 5.97 Å². The molecule has 7 heteroatoms. The van der Waals surface area contributed by atoms with E-state index in [0.29, 0.717) is 31.8 Å². The van der Waals surface area contributed by atoms with Crippen LogP contribution in [0.4, 0.5) is 0 Å². The Morgan fingerprint density at radius 1 is 1.50 bits per heavy atom. The second kappa shape index (κ2) is 7.07. The third-order valence-electron chi connectivity index (χ3n) is 2.35. The fourth-order valence-electron chi connectivity index (χ4n) is 1.53. The van der Waals surface area contributed by atoms with Crippen molar-refractivity contribution in [2.45, 2.75) is 32.9 Å². The van der Waals surface area contributed by atoms with Crippen LogP contribution in [0.2, 0.25) is 0 Å². The molecule has 102 valence electrons. The number of hydrogen-bond donors (Lipinski definition) is 1. The van der Waals surface area contributed by atoms with Crippen molar-refractivity contribution in [3.8, 4) is 0 Å². The number of aromatic nitrogens is 3. The highest BCUT2D eigenvalue weighted by molar-refractivity contribution is 5.88. The number of carbonyl (C=O) groups is 1. The molecular formula is C11H20N4O3. The van der Waals surface area contributed by atoms with Crippen LogP contribution in [0.25, 0.3) is 0 Å². The fourth-order valence-corrected chi connectivity index (χ4v) is 1.53. The summed E-state index contributed by atoms with van der Waals surface area (Å²) in [5, 5.41) is 7.76. The molecule has 1 rings (SSSR count). The van der Waals surface area contributed by atoms with Crippen molar-refractivity contribution >= 4 is 5.97 Å². The quantitative estimate of drug-likeness (QED) is 0.690. The molecular weight excluding hydrogens is 236 g/mol. The van der Waals surface area contributed by atoms with E-state index >= 15 is 0 Å². The lowest BCUT2D eigenvalue weighted by Crippen LogP contribution is -2.17. The van der Waals surface area contributed by atoms with Gasteiger partial charge in [0, 0.05) is 6.42 Å². The second-order valence-corrected chi connectivity index (χ2v) is 4.06. The molecule has 7 nitrogen and oxygen atoms in total. The SMILES string of the molecule is COC(=O)c1nnn(CCOC(C)C)c1CCN. The molecule has 0 atom stereocenters. The average molecular weight is 256 g/mol. The molecule has 0 aromatic carbocycles. The number of esters is 1. The van der Waals surface area contributed by atoms with Crippen LogP contribution in [0.1, 0.15) is 30.0 Å². The van der Waals surface area contributed by atoms with Gasteiger partial charge in [0.15, 0.2) is 5.69 Å². The summed E-state index contributed by atoms with van der Waals surface area (Å²) in [6, 6.07) is 0. The molecule has 0 spiro atoms. The minimum atomic E-state index is -0.491. The predicted octanol–water partition coefficient (Wildman–Crippen LogP) is -0.00910. The van der Waals surface area contributed by atoms with Crippen LogP contribution in [0.15, 0.2) is 0 Å². The van der Waals surface area contributed by atoms with Crippen molar-refractivity contribution in [3.63, 3.8) is 0 Å². The van der Waals surface area contributed by atoms with Crippen molar-refractivity contribution in [2.24, 2.45) is 5.73 Å². The van der Waals surface area contributed by atoms with Gasteiger partial charge in [0.05, 0.1) is 32.1 Å². The van der Waals surface area contributed by atoms with Crippen LogP contribution in [-0.2, 0) is 22.4 Å². The first kappa shape index (κ1) is 14.6. The number of nitrogens with two attached hydrogens (primary N) is 1. The Hall–Kier alpha value is -1.47. The second-order valence-electron chi connectivity index (χ2n) is 4.06. The van der Waals surface area contributed by atoms with Gasteiger partial charge < -0.3 is 15.2 Å². The lowest BCUT2D eigenvalue weighted by Gasteiger charge is -2.09. The van der Waals surface area contributed by atoms with E-state index in [1.54, 1.807) is 4.68 Å². The molecule has 1 aromatic rings. The molecule has 0 saturated heterocycles. The zero-order valence-corrected chi connectivity index (χ0v) is 11.0. The molecule has 0 radical (unpaired) electrons. The molecule has 1 heterocycles. The number of nitrogens with zero attached hydrogens (tertiary/aromatic N) is 3. The highest BCUT2D eigenvalue weighted by Gasteiger charge is 2.19. The lowest BCUT2D eigenvalue weighted by atomic mass is 10.2. The maximum absolute atomic E-state index is 11.5. The minimum Gasteiger partial charge on any atom is -0.464 e. The first-order valence-corrected chi connectivity index (χ1v) is 5.92. The zero-order chi connectivity index (χ0) is 13.5. The summed E-state index contributed by atoms with van der Waals surface area (Å²) in [5.41, 5.74) is 6.44. The Bertz CT molecular complexity index is 390. The van der Waals surface area contributed by atoms with Crippen molar-refractivity contribution in [3.05, 3.63) is 11.4 Å². The van der Waals surface area contributed by atoms with Crippen molar-refractivity contribution in [1.29, 1.82) is 0 Å². The summed E-state index contributed by atoms with van der Waals surface area (Å²) in [5.74, 6) is -0.491. The summed E-state index contributed by atoms with van der Waals surface area (Å²) in [6.07, 6.45) is 0.686. The monoisotopic (exact) mass is 256 g/mol. The van der Waals surface area contributed by atoms with Crippen LogP contribution in [-0.4, -0.2) is 47.3 Å². The van der Waals surface area contributed by atoms with E-state index in [0.717, 1.165) is 0 Å². The van der Waals surface area contributed by atoms with Crippen LogP contribution >= 0.6 is 0 Å². The topological polar surface area (TPSA) is 92.3 Å². The van der Waals surface area contributed by atoms with Gasteiger partial charge in [-0.25, -0.2) is 9.48 Å². The summed E-state index contributed by atoms with van der Waals surface area (Å²) in [6.45, 7) is 5.39. The standard InChI is InChI=1S/C11H20N4O3/c1-8(2)18-7-6-15-9(4-5-12)10(13-14-15)11(16)17-3/h8H,4-7,12H2,1-3H3. The van der Waals surface area contributed by atoms with E-state index in [-0.39, 0.29) is 11.8 Å². The number of rotatable bonds is 7. The molecule has 0 saturated carbocycles. The zero-order valence-electron chi connectivity index (χ0n) is 11.0. The highest BCUT2D eigenvalue weighted by atomic mass is 16.5. The van der Waals surface area contributed by atoms with E-state index in [1.807, 2.05) is 13.8 Å². The van der Waals surface area contributed by atoms with Crippen LogP contribution < -0.4 is 5.73 Å². The third-order valence-corrected chi connectivity index (χ3v) is 2.35. The van der Waals surface area contributed by atoms with E-state index in [9.17, 15) is 4.79 Å². The van der Waals surface area contributed by atoms with E-state index < -0.39 is 5.97 Å². The third kappa shape index (κ3) is 3.78. The van der Waals surface area contributed by atoms with Gasteiger partial charge in [-0.15, -0.1) is 5.10 Å². The normalized spacial score (nSPS) is 10.9. The number of methoxy groups -OCH3 is 1. The molecule has 0 aliphatic heterocycles. The molecule has 0 aliphatic rings. The molecule has 18 heavy (non-hydrogen) atoms. The maximum Gasteiger partial charge on any atom is 0.360 e. The molecule has 0 fully saturated rings. The number of ether oxygens (including phenoxy) is 2. The lowest BCUT2D eigenvalue weighted by molar-refractivity contribution is 0.0591. The van der Waals surface area contributed by atoms with Crippen molar-refractivity contribution < 1.29 is 14.3 Å². The summed E-state index contributed by atoms with van der Waals surface area (Å²) < 4.78 is 11.7. The van der Waals surface area contributed by atoms with Crippen LogP contribution in [0.5, 0.6) is 0 Å². The Labute approximate surface area is 106 Å². The van der Waals surface area contributed by atoms with Gasteiger partial charge in [0.2, 0.25) is 0 Å². The molecule has 0 unspecified atom stereocenters. The summed E-state index contributed by atoms with van der Waals surface area (Å²) in [7, 11) is 1.31. The Morgan fingerprint density at radius 2 is 2.22 bits per heavy atom. The van der Waals surface area contributed by atoms with Gasteiger partial charge in [-0.2, -0.15) is 0 Å². The summed E-state index contributed by atoms with van der Waals surface area (Å²) in [4.78, 5) is 11.5. The number of hydrogen-bond acceptors (Lipinski definition) is 6. The summed E-state index contributed by atoms with van der Waals surface area (Å²) >= 11 is 0. The Kier molecular flexibility index (Phi) is 5.73. The van der Waals surface area contributed by atoms with Gasteiger partial charge in [0.25, 0.3) is 0 Å². The molecule has 0 amide bonds. The van der Waals surface area contributed by atoms with Gasteiger partial charge in [-0.1, -0.05) is 5.21 Å². The van der Waals surface area contributed by atoms with E-state index in [4.69, 9.17) is 10.5 Å². The largest absolute Gasteiger partial charge is 0.464 e. The van der Waals surface area contributed by atoms with Crippen molar-refractivity contribution in [1.82, 2.24) is 15.0 Å². The first-order chi connectivity index (χ1) is 8.60. The highest BCUT2D eigenvalue weighted by Crippen LogP contribution is 2.08. The number of carbonyl (C=O) groups excluding carboxylic acids is 1. The smallest absolute Gasteiger partial charge is 0.360 e. The Balaban J connectivity index is 2.77. The fraction of sp³-hybridized carbons (Fsp3) is 0.727. The molecule has 0 bridgehead atoms. The van der Waals surface area contributed by atoms with Gasteiger partial charge in [-0.05, 0) is 20.4 Å². The van der Waals surface area contributed by atoms with E-state index in [2.05, 4.69) is 15.0 Å². The molecule has 0 aliphatic carbocycles. The van der Waals surface area contributed by atoms with Gasteiger partial charge in [-0.3, -0.25) is 0 Å². The minimum absolute atomic E-state index is 0.159. The average Bonchev–Trinajstić information content (AvgIpc) is 2.72. The van der Waals surface area contributed by atoms with Gasteiger partial charge in [0.1, 0.15) is 0 Å². The maximum atomic E-state index is 11.5. The first-order valence-electron chi connectivity index (χ1n) is 5.92. The van der Waals surface area contributed by atoms with Crippen LogP contribution in [0.3, 0.4) is 0 Å². The van der Waals surface area contributed by atoms with E-state index in [1.165, 1.54) is 7.11 Å². The molecule has 1 aromatic heterocycles. The predicted molar refractivity (Wildman–Crippen MR) is 65.2 cm³/mol. The molecule has 2 N–H and O–H groups in total. The Morgan fingerprint density at radius 3 is 2.78 bits per heavy atom. The van der Waals surface area contributed by atoms with Crippen molar-refractivity contribution in [2.75, 3.05) is 20.3 Å². The van der Waals surface area contributed by atoms with Crippen LogP contribution in [0, 0.1) is 0 Å².